The quantitative estimate of drug-likeness (QED) is 0.321. The van der Waals surface area contributed by atoms with Crippen LogP contribution in [0.4, 0.5) is 0 Å². The van der Waals surface area contributed by atoms with Crippen molar-refractivity contribution in [2.75, 3.05) is 12.5 Å². The summed E-state index contributed by atoms with van der Waals surface area (Å²) in [6, 6.07) is -0.424. The average Bonchev–Trinajstić information content (AvgIpc) is 1.86. The molecule has 0 aromatic heterocycles. The Morgan fingerprint density at radius 1 is 1.58 bits per heavy atom. The van der Waals surface area contributed by atoms with E-state index in [1.54, 1.807) is 6.92 Å². The number of aliphatic hydroxyl groups is 1. The molecule has 0 saturated heterocycles. The Morgan fingerprint density at radius 3 is 2.42 bits per heavy atom. The molecule has 0 aliphatic heterocycles. The molecule has 7 heteroatoms. The number of hydrogen-bond donors (Lipinski definition) is 2. The van der Waals surface area contributed by atoms with Crippen molar-refractivity contribution < 1.29 is 17.7 Å². The van der Waals surface area contributed by atoms with E-state index in [2.05, 4.69) is 4.18 Å². The predicted octanol–water partition coefficient (Wildman–Crippen LogP) is -1.63. The van der Waals surface area contributed by atoms with Crippen molar-refractivity contribution in [1.29, 1.82) is 0 Å². The van der Waals surface area contributed by atoms with Crippen molar-refractivity contribution in [3.63, 3.8) is 0 Å². The van der Waals surface area contributed by atoms with Gasteiger partial charge in [0.15, 0.2) is 6.79 Å². The van der Waals surface area contributed by atoms with Gasteiger partial charge in [-0.2, -0.15) is 8.42 Å². The molecule has 3 N–H and O–H groups in total. The van der Waals surface area contributed by atoms with Crippen LogP contribution in [0.5, 0.6) is 0 Å². The number of hydrogen-bond acceptors (Lipinski definition) is 5. The monoisotopic (exact) mass is 207 g/mol. The zero-order valence-electron chi connectivity index (χ0n) is 6.36. The summed E-state index contributed by atoms with van der Waals surface area (Å²) in [6.07, 6.45) is 0.564. The SMILES string of the molecule is CCC(N)CS(=O)(=O)OCO.[NaH]. The van der Waals surface area contributed by atoms with Gasteiger partial charge >= 0.3 is 29.6 Å². The summed E-state index contributed by atoms with van der Waals surface area (Å²) in [5.41, 5.74) is 5.35. The molecule has 70 valence electrons. The Kier molecular flexibility index (Phi) is 9.25. The fourth-order valence-corrected chi connectivity index (χ4v) is 1.53. The van der Waals surface area contributed by atoms with Crippen molar-refractivity contribution in [1.82, 2.24) is 0 Å². The molecule has 0 bridgehead atoms. The summed E-state index contributed by atoms with van der Waals surface area (Å²) in [5.74, 6) is -0.246. The van der Waals surface area contributed by atoms with E-state index < -0.39 is 23.0 Å². The maximum atomic E-state index is 10.7. The van der Waals surface area contributed by atoms with Crippen LogP contribution in [0.3, 0.4) is 0 Å². The van der Waals surface area contributed by atoms with Crippen LogP contribution < -0.4 is 5.73 Å². The topological polar surface area (TPSA) is 89.6 Å². The van der Waals surface area contributed by atoms with Gasteiger partial charge in [-0.05, 0) is 6.42 Å². The molecule has 0 fully saturated rings. The number of nitrogens with two attached hydrogens (primary N) is 1. The van der Waals surface area contributed by atoms with Gasteiger partial charge in [-0.25, -0.2) is 4.18 Å². The summed E-state index contributed by atoms with van der Waals surface area (Å²) in [4.78, 5) is 0. The molecule has 0 aliphatic rings. The first kappa shape index (κ1) is 15.3. The van der Waals surface area contributed by atoms with Gasteiger partial charge in [0, 0.05) is 6.04 Å². The van der Waals surface area contributed by atoms with E-state index in [1.165, 1.54) is 0 Å². The molecule has 0 rings (SSSR count). The summed E-state index contributed by atoms with van der Waals surface area (Å²) in [7, 11) is -3.62. The van der Waals surface area contributed by atoms with Crippen molar-refractivity contribution in [2.24, 2.45) is 5.73 Å². The van der Waals surface area contributed by atoms with Gasteiger partial charge in [0.1, 0.15) is 0 Å². The average molecular weight is 207 g/mol. The Bertz CT molecular complexity index is 194. The van der Waals surface area contributed by atoms with Crippen LogP contribution in [0.15, 0.2) is 0 Å². The normalized spacial score (nSPS) is 13.6. The van der Waals surface area contributed by atoms with E-state index in [4.69, 9.17) is 10.8 Å². The Morgan fingerprint density at radius 2 is 2.08 bits per heavy atom. The second kappa shape index (κ2) is 7.25. The first-order valence-corrected chi connectivity index (χ1v) is 4.83. The van der Waals surface area contributed by atoms with Crippen LogP contribution in [0.1, 0.15) is 13.3 Å². The van der Waals surface area contributed by atoms with Crippen molar-refractivity contribution in [3.05, 3.63) is 0 Å². The molecule has 0 radical (unpaired) electrons. The Labute approximate surface area is 94.7 Å². The molecule has 5 nitrogen and oxygen atoms in total. The van der Waals surface area contributed by atoms with Gasteiger partial charge in [0.05, 0.1) is 5.75 Å². The summed E-state index contributed by atoms with van der Waals surface area (Å²) in [6.45, 7) is 0.956. The van der Waals surface area contributed by atoms with Crippen molar-refractivity contribution >= 4 is 39.7 Å². The summed E-state index contributed by atoms with van der Waals surface area (Å²) >= 11 is 0. The fourth-order valence-electron chi connectivity index (χ4n) is 0.508. The molecular weight excluding hydrogens is 193 g/mol. The van der Waals surface area contributed by atoms with E-state index in [9.17, 15) is 8.42 Å². The van der Waals surface area contributed by atoms with Crippen LogP contribution >= 0.6 is 0 Å². The molecule has 0 heterocycles. The van der Waals surface area contributed by atoms with E-state index in [0.29, 0.717) is 6.42 Å². The Balaban J connectivity index is 0. The Hall–Kier alpha value is 0.830. The number of aliphatic hydroxyl groups excluding tert-OH is 1. The van der Waals surface area contributed by atoms with Crippen LogP contribution in [0.25, 0.3) is 0 Å². The second-order valence-electron chi connectivity index (χ2n) is 2.14. The van der Waals surface area contributed by atoms with Crippen LogP contribution in [-0.2, 0) is 14.3 Å². The van der Waals surface area contributed by atoms with Crippen LogP contribution in [-0.4, -0.2) is 61.7 Å². The molecule has 0 amide bonds. The zero-order chi connectivity index (χ0) is 8.91. The third-order valence-corrected chi connectivity index (χ3v) is 2.48. The first-order chi connectivity index (χ1) is 5.02. The summed E-state index contributed by atoms with van der Waals surface area (Å²) in [5, 5.41) is 8.15. The molecule has 12 heavy (non-hydrogen) atoms. The molecule has 0 spiro atoms. The van der Waals surface area contributed by atoms with E-state index in [1.807, 2.05) is 0 Å². The molecule has 0 aromatic rings. The van der Waals surface area contributed by atoms with Crippen molar-refractivity contribution in [3.8, 4) is 0 Å². The maximum absolute atomic E-state index is 10.7. The van der Waals surface area contributed by atoms with Gasteiger partial charge in [-0.1, -0.05) is 6.92 Å². The van der Waals surface area contributed by atoms with Gasteiger partial charge in [0.25, 0.3) is 10.1 Å². The van der Waals surface area contributed by atoms with E-state index in [0.717, 1.165) is 0 Å². The predicted molar refractivity (Wildman–Crippen MR) is 47.4 cm³/mol. The van der Waals surface area contributed by atoms with Gasteiger partial charge < -0.3 is 10.8 Å². The third kappa shape index (κ3) is 7.48. The summed E-state index contributed by atoms with van der Waals surface area (Å²) < 4.78 is 25.5. The fraction of sp³-hybridized carbons (Fsp3) is 1.00. The molecular formula is C5H14NNaO4S. The standard InChI is InChI=1S/C5H13NO4S.Na.H/c1-2-5(6)3-11(8,9)10-4-7;;/h5,7H,2-4,6H2,1H3;;. The minimum absolute atomic E-state index is 0. The van der Waals surface area contributed by atoms with Gasteiger partial charge in [-0.3, -0.25) is 0 Å². The second-order valence-corrected chi connectivity index (χ2v) is 3.82. The van der Waals surface area contributed by atoms with E-state index in [-0.39, 0.29) is 35.3 Å². The molecule has 1 unspecified atom stereocenters. The molecule has 0 aliphatic carbocycles. The minimum atomic E-state index is -3.62. The van der Waals surface area contributed by atoms with Gasteiger partial charge in [-0.15, -0.1) is 0 Å². The first-order valence-electron chi connectivity index (χ1n) is 3.25. The molecule has 1 atom stereocenters. The molecule has 0 saturated carbocycles. The van der Waals surface area contributed by atoms with Crippen LogP contribution in [0, 0.1) is 0 Å². The molecule has 0 aromatic carbocycles. The number of rotatable bonds is 5. The third-order valence-electron chi connectivity index (χ3n) is 1.17. The van der Waals surface area contributed by atoms with Gasteiger partial charge in [0.2, 0.25) is 0 Å². The van der Waals surface area contributed by atoms with Crippen molar-refractivity contribution in [2.45, 2.75) is 19.4 Å². The van der Waals surface area contributed by atoms with E-state index >= 15 is 0 Å². The zero-order valence-corrected chi connectivity index (χ0v) is 7.17. The van der Waals surface area contributed by atoms with Crippen LogP contribution in [0.2, 0.25) is 0 Å².